The molecule has 0 aromatic heterocycles. The van der Waals surface area contributed by atoms with Crippen LogP contribution < -0.4 is 34.0 Å². The highest BCUT2D eigenvalue weighted by atomic mass is 16.5. The van der Waals surface area contributed by atoms with E-state index < -0.39 is 5.91 Å². The second kappa shape index (κ2) is 14.4. The van der Waals surface area contributed by atoms with Crippen LogP contribution in [0.25, 0.3) is 0 Å². The molecule has 0 saturated carbocycles. The Hall–Kier alpha value is -5.51. The molecule has 0 spiro atoms. The molecule has 1 N–H and O–H groups in total. The molecule has 0 aliphatic heterocycles. The summed E-state index contributed by atoms with van der Waals surface area (Å²) in [5.41, 5.74) is 5.42. The lowest BCUT2D eigenvalue weighted by Gasteiger charge is -2.25. The third-order valence-corrected chi connectivity index (χ3v) is 6.60. The molecule has 10 nitrogen and oxygen atoms in total. The smallest absolute Gasteiger partial charge is 0.271 e. The molecule has 0 unspecified atom stereocenters. The van der Waals surface area contributed by atoms with Crippen molar-refractivity contribution in [2.24, 2.45) is 5.10 Å². The Morgan fingerprint density at radius 1 is 0.698 bits per heavy atom. The zero-order chi connectivity index (χ0) is 30.8. The Morgan fingerprint density at radius 3 is 1.74 bits per heavy atom. The third-order valence-electron chi connectivity index (χ3n) is 6.60. The molecule has 0 heterocycles. The molecule has 0 bridgehead atoms. The Bertz CT molecular complexity index is 1540. The summed E-state index contributed by atoms with van der Waals surface area (Å²) in [6.07, 6.45) is 1.53. The van der Waals surface area contributed by atoms with Gasteiger partial charge in [0, 0.05) is 23.3 Å². The summed E-state index contributed by atoms with van der Waals surface area (Å²) >= 11 is 0. The van der Waals surface area contributed by atoms with Crippen LogP contribution in [0.15, 0.2) is 90.0 Å². The van der Waals surface area contributed by atoms with Gasteiger partial charge < -0.3 is 28.6 Å². The monoisotopic (exact) mass is 583 g/mol. The van der Waals surface area contributed by atoms with Crippen molar-refractivity contribution >= 4 is 23.7 Å². The summed E-state index contributed by atoms with van der Waals surface area (Å²) in [4.78, 5) is 28.2. The predicted octanol–water partition coefficient (Wildman–Crippen LogP) is 5.34. The van der Waals surface area contributed by atoms with Gasteiger partial charge in [-0.25, -0.2) is 5.43 Å². The number of carbonyl (C=O) groups is 2. The standard InChI is InChI=1S/C33H33N3O7/c1-39-27-14-6-22(7-15-27)20-34-35-32(37)24-10-12-25(13-11-24)33(38)36(21-23-8-16-28(40-2)17-9-23)26-18-29(41-3)31(43-5)30(19-26)42-4/h6-20H,21H2,1-5H3,(H,35,37)/b34-20+. The van der Waals surface area contributed by atoms with E-state index in [2.05, 4.69) is 10.5 Å². The Kier molecular flexibility index (Phi) is 10.2. The molecule has 0 saturated heterocycles. The van der Waals surface area contributed by atoms with Crippen molar-refractivity contribution in [2.75, 3.05) is 40.4 Å². The van der Waals surface area contributed by atoms with Crippen LogP contribution in [0, 0.1) is 0 Å². The van der Waals surface area contributed by atoms with Crippen molar-refractivity contribution in [1.82, 2.24) is 5.43 Å². The van der Waals surface area contributed by atoms with Crippen LogP contribution in [-0.2, 0) is 6.54 Å². The minimum atomic E-state index is -0.413. The van der Waals surface area contributed by atoms with Crippen LogP contribution in [0.1, 0.15) is 31.8 Å². The van der Waals surface area contributed by atoms with E-state index in [0.717, 1.165) is 16.9 Å². The van der Waals surface area contributed by atoms with Gasteiger partial charge in [0.15, 0.2) is 11.5 Å². The number of ether oxygens (including phenoxy) is 5. The lowest BCUT2D eigenvalue weighted by Crippen LogP contribution is -2.30. The van der Waals surface area contributed by atoms with Crippen LogP contribution in [0.2, 0.25) is 0 Å². The maximum absolute atomic E-state index is 13.9. The largest absolute Gasteiger partial charge is 0.497 e. The van der Waals surface area contributed by atoms with E-state index in [-0.39, 0.29) is 12.5 Å². The molecule has 222 valence electrons. The molecular formula is C33H33N3O7. The number of anilines is 1. The summed E-state index contributed by atoms with van der Waals surface area (Å²) in [6, 6.07) is 24.5. The van der Waals surface area contributed by atoms with E-state index in [9.17, 15) is 9.59 Å². The molecule has 0 aliphatic carbocycles. The average Bonchev–Trinajstić information content (AvgIpc) is 3.06. The van der Waals surface area contributed by atoms with Gasteiger partial charge in [-0.3, -0.25) is 9.59 Å². The molecule has 4 rings (SSSR count). The molecule has 0 aliphatic rings. The van der Waals surface area contributed by atoms with Crippen molar-refractivity contribution < 1.29 is 33.3 Å². The van der Waals surface area contributed by atoms with E-state index >= 15 is 0 Å². The van der Waals surface area contributed by atoms with Crippen LogP contribution in [0.5, 0.6) is 28.7 Å². The molecule has 10 heteroatoms. The van der Waals surface area contributed by atoms with Gasteiger partial charge in [-0.15, -0.1) is 0 Å². The van der Waals surface area contributed by atoms with Crippen molar-refractivity contribution in [3.63, 3.8) is 0 Å². The number of benzene rings is 4. The van der Waals surface area contributed by atoms with Crippen molar-refractivity contribution in [2.45, 2.75) is 6.54 Å². The fraction of sp³-hybridized carbons (Fsp3) is 0.182. The molecule has 0 atom stereocenters. The third kappa shape index (κ3) is 7.42. The lowest BCUT2D eigenvalue weighted by molar-refractivity contribution is 0.0951. The number of nitrogens with one attached hydrogen (secondary N) is 1. The van der Waals surface area contributed by atoms with Crippen molar-refractivity contribution in [3.8, 4) is 28.7 Å². The van der Waals surface area contributed by atoms with E-state index in [1.165, 1.54) is 27.5 Å². The van der Waals surface area contributed by atoms with Crippen LogP contribution in [0.4, 0.5) is 5.69 Å². The number of hydrazone groups is 1. The predicted molar refractivity (Wildman–Crippen MR) is 164 cm³/mol. The Balaban J connectivity index is 1.58. The molecule has 4 aromatic carbocycles. The minimum absolute atomic E-state index is 0.240. The maximum atomic E-state index is 13.9. The number of nitrogens with zero attached hydrogens (tertiary/aromatic N) is 2. The average molecular weight is 584 g/mol. The fourth-order valence-electron chi connectivity index (χ4n) is 4.26. The maximum Gasteiger partial charge on any atom is 0.271 e. The van der Waals surface area contributed by atoms with Crippen molar-refractivity contribution in [1.29, 1.82) is 0 Å². The molecule has 43 heavy (non-hydrogen) atoms. The first-order chi connectivity index (χ1) is 20.9. The molecule has 0 radical (unpaired) electrons. The van der Waals surface area contributed by atoms with Crippen LogP contribution in [0.3, 0.4) is 0 Å². The molecule has 0 fully saturated rings. The van der Waals surface area contributed by atoms with E-state index in [1.54, 1.807) is 67.7 Å². The van der Waals surface area contributed by atoms with Gasteiger partial charge in [-0.1, -0.05) is 12.1 Å². The van der Waals surface area contributed by atoms with Gasteiger partial charge in [0.05, 0.1) is 54.0 Å². The number of hydrogen-bond donors (Lipinski definition) is 1. The summed E-state index contributed by atoms with van der Waals surface area (Å²) in [7, 11) is 7.73. The highest BCUT2D eigenvalue weighted by Gasteiger charge is 2.23. The minimum Gasteiger partial charge on any atom is -0.497 e. The molecule has 4 aromatic rings. The van der Waals surface area contributed by atoms with E-state index in [1.807, 2.05) is 36.4 Å². The fourth-order valence-corrected chi connectivity index (χ4v) is 4.26. The summed E-state index contributed by atoms with van der Waals surface area (Å²) in [5, 5.41) is 4.02. The lowest BCUT2D eigenvalue weighted by atomic mass is 10.1. The van der Waals surface area contributed by atoms with Gasteiger partial charge in [0.25, 0.3) is 11.8 Å². The van der Waals surface area contributed by atoms with Crippen LogP contribution in [-0.4, -0.2) is 53.6 Å². The van der Waals surface area contributed by atoms with Crippen molar-refractivity contribution in [3.05, 3.63) is 107 Å². The van der Waals surface area contributed by atoms with E-state index in [4.69, 9.17) is 23.7 Å². The van der Waals surface area contributed by atoms with Crippen LogP contribution >= 0.6 is 0 Å². The second-order valence-corrected chi connectivity index (χ2v) is 9.17. The number of hydrogen-bond acceptors (Lipinski definition) is 8. The van der Waals surface area contributed by atoms with Gasteiger partial charge in [0.1, 0.15) is 11.5 Å². The summed E-state index contributed by atoms with van der Waals surface area (Å²) < 4.78 is 26.9. The summed E-state index contributed by atoms with van der Waals surface area (Å²) in [5.74, 6) is 1.95. The first kappa shape index (κ1) is 30.4. The summed E-state index contributed by atoms with van der Waals surface area (Å²) in [6.45, 7) is 0.240. The normalized spacial score (nSPS) is 10.6. The van der Waals surface area contributed by atoms with E-state index in [0.29, 0.717) is 39.8 Å². The number of rotatable bonds is 12. The van der Waals surface area contributed by atoms with Gasteiger partial charge in [0.2, 0.25) is 5.75 Å². The number of carbonyl (C=O) groups excluding carboxylic acids is 2. The first-order valence-corrected chi connectivity index (χ1v) is 13.2. The van der Waals surface area contributed by atoms with Gasteiger partial charge >= 0.3 is 0 Å². The zero-order valence-electron chi connectivity index (χ0n) is 24.6. The Morgan fingerprint density at radius 2 is 1.23 bits per heavy atom. The number of amides is 2. The second-order valence-electron chi connectivity index (χ2n) is 9.17. The molecular weight excluding hydrogens is 550 g/mol. The van der Waals surface area contributed by atoms with Gasteiger partial charge in [-0.05, 0) is 71.8 Å². The molecule has 2 amide bonds. The quantitative estimate of drug-likeness (QED) is 0.177. The number of methoxy groups -OCH3 is 5. The highest BCUT2D eigenvalue weighted by Crippen LogP contribution is 2.41. The SMILES string of the molecule is COc1ccc(/C=N/NC(=O)c2ccc(C(=O)N(Cc3ccc(OC)cc3)c3cc(OC)c(OC)c(OC)c3)cc2)cc1. The topological polar surface area (TPSA) is 108 Å². The first-order valence-electron chi connectivity index (χ1n) is 13.2. The Labute approximate surface area is 250 Å². The zero-order valence-corrected chi connectivity index (χ0v) is 24.6. The highest BCUT2D eigenvalue weighted by molar-refractivity contribution is 6.07. The van der Waals surface area contributed by atoms with Gasteiger partial charge in [-0.2, -0.15) is 5.10 Å².